The van der Waals surface area contributed by atoms with Gasteiger partial charge in [-0.3, -0.25) is 9.36 Å². The molecule has 1 aliphatic heterocycles. The minimum Gasteiger partial charge on any atom is -0.303 e. The van der Waals surface area contributed by atoms with Crippen LogP contribution in [0.2, 0.25) is 0 Å². The molecular formula is C21H21BrN2O. The predicted molar refractivity (Wildman–Crippen MR) is 105 cm³/mol. The van der Waals surface area contributed by atoms with Crippen LogP contribution in [0.25, 0.3) is 10.9 Å². The average Bonchev–Trinajstić information content (AvgIpc) is 3.19. The summed E-state index contributed by atoms with van der Waals surface area (Å²) in [6, 6.07) is 16.2. The zero-order chi connectivity index (χ0) is 17.4. The van der Waals surface area contributed by atoms with E-state index < -0.39 is 0 Å². The van der Waals surface area contributed by atoms with Crippen molar-refractivity contribution in [2.24, 2.45) is 0 Å². The van der Waals surface area contributed by atoms with Crippen molar-refractivity contribution < 1.29 is 4.79 Å². The Kier molecular flexibility index (Phi) is 4.48. The van der Waals surface area contributed by atoms with Crippen LogP contribution >= 0.6 is 15.9 Å². The Morgan fingerprint density at radius 1 is 1.20 bits per heavy atom. The summed E-state index contributed by atoms with van der Waals surface area (Å²) in [5, 5.41) is 1.17. The molecular weight excluding hydrogens is 376 g/mol. The molecule has 2 heterocycles. The Labute approximate surface area is 156 Å². The van der Waals surface area contributed by atoms with Crippen molar-refractivity contribution in [3.8, 4) is 0 Å². The van der Waals surface area contributed by atoms with Gasteiger partial charge in [0.25, 0.3) is 5.91 Å². The predicted octanol–water partition coefficient (Wildman–Crippen LogP) is 4.73. The fourth-order valence-corrected chi connectivity index (χ4v) is 4.17. The zero-order valence-electron chi connectivity index (χ0n) is 14.3. The molecule has 1 saturated heterocycles. The maximum atomic E-state index is 13.0. The van der Waals surface area contributed by atoms with Gasteiger partial charge >= 0.3 is 0 Å². The molecule has 3 aromatic rings. The third-order valence-electron chi connectivity index (χ3n) is 5.22. The molecule has 3 nitrogen and oxygen atoms in total. The highest BCUT2D eigenvalue weighted by Crippen LogP contribution is 2.29. The molecule has 25 heavy (non-hydrogen) atoms. The number of fused-ring (bicyclic) bond motifs is 1. The topological polar surface area (TPSA) is 25.2 Å². The van der Waals surface area contributed by atoms with Crippen LogP contribution in [0, 0.1) is 0 Å². The van der Waals surface area contributed by atoms with Crippen LogP contribution in [0.4, 0.5) is 0 Å². The quantitative estimate of drug-likeness (QED) is 0.639. The summed E-state index contributed by atoms with van der Waals surface area (Å²) in [7, 11) is 2.20. The van der Waals surface area contributed by atoms with Gasteiger partial charge in [0.2, 0.25) is 0 Å². The summed E-state index contributed by atoms with van der Waals surface area (Å²) >= 11 is 3.58. The van der Waals surface area contributed by atoms with E-state index in [2.05, 4.69) is 33.9 Å². The second kappa shape index (κ2) is 6.77. The van der Waals surface area contributed by atoms with Crippen molar-refractivity contribution in [2.45, 2.75) is 25.3 Å². The molecule has 1 aliphatic rings. The third kappa shape index (κ3) is 3.16. The highest BCUT2D eigenvalue weighted by molar-refractivity contribution is 9.10. The normalized spacial score (nSPS) is 18.1. The molecule has 4 rings (SSSR count). The van der Waals surface area contributed by atoms with E-state index in [0.717, 1.165) is 23.0 Å². The summed E-state index contributed by atoms with van der Waals surface area (Å²) in [5.41, 5.74) is 2.94. The van der Waals surface area contributed by atoms with Gasteiger partial charge in [0.15, 0.2) is 0 Å². The minimum atomic E-state index is 0.0268. The van der Waals surface area contributed by atoms with Crippen LogP contribution in [0.3, 0.4) is 0 Å². The van der Waals surface area contributed by atoms with E-state index in [1.807, 2.05) is 48.7 Å². The molecule has 0 saturated carbocycles. The fourth-order valence-electron chi connectivity index (χ4n) is 3.81. The van der Waals surface area contributed by atoms with Gasteiger partial charge in [-0.1, -0.05) is 34.1 Å². The van der Waals surface area contributed by atoms with Crippen molar-refractivity contribution in [1.82, 2.24) is 9.47 Å². The van der Waals surface area contributed by atoms with Crippen LogP contribution in [-0.4, -0.2) is 35.0 Å². The standard InChI is InChI=1S/C21H21BrN2O/c1-23-11-5-8-18(23)12-16-14-24(20-10-9-17(22)13-19(16)20)21(25)15-6-3-2-4-7-15/h2-4,6-7,9-10,13-14,18H,5,8,11-12H2,1H3/t18-/m1/s1. The van der Waals surface area contributed by atoms with E-state index >= 15 is 0 Å². The summed E-state index contributed by atoms with van der Waals surface area (Å²) in [5.74, 6) is 0.0268. The minimum absolute atomic E-state index is 0.0268. The first-order chi connectivity index (χ1) is 12.1. The number of likely N-dealkylation sites (N-methyl/N-ethyl adjacent to an activating group) is 1. The van der Waals surface area contributed by atoms with Crippen LogP contribution in [0.5, 0.6) is 0 Å². The van der Waals surface area contributed by atoms with Crippen LogP contribution < -0.4 is 0 Å². The number of benzene rings is 2. The van der Waals surface area contributed by atoms with E-state index in [9.17, 15) is 4.79 Å². The van der Waals surface area contributed by atoms with Crippen molar-refractivity contribution in [1.29, 1.82) is 0 Å². The first-order valence-electron chi connectivity index (χ1n) is 8.73. The number of rotatable bonds is 3. The maximum Gasteiger partial charge on any atom is 0.262 e. The van der Waals surface area contributed by atoms with E-state index in [-0.39, 0.29) is 5.91 Å². The lowest BCUT2D eigenvalue weighted by Gasteiger charge is -2.18. The lowest BCUT2D eigenvalue weighted by atomic mass is 10.0. The Hall–Kier alpha value is -1.91. The average molecular weight is 397 g/mol. The number of hydrogen-bond donors (Lipinski definition) is 0. The van der Waals surface area contributed by atoms with Crippen LogP contribution in [0.1, 0.15) is 28.8 Å². The molecule has 0 aliphatic carbocycles. The number of carbonyl (C=O) groups excluding carboxylic acids is 1. The molecule has 128 valence electrons. The van der Waals surface area contributed by atoms with Crippen molar-refractivity contribution >= 4 is 32.7 Å². The van der Waals surface area contributed by atoms with Gasteiger partial charge < -0.3 is 4.90 Å². The molecule has 0 unspecified atom stereocenters. The van der Waals surface area contributed by atoms with E-state index in [4.69, 9.17) is 0 Å². The molecule has 2 aromatic carbocycles. The highest BCUT2D eigenvalue weighted by atomic mass is 79.9. The maximum absolute atomic E-state index is 13.0. The smallest absolute Gasteiger partial charge is 0.262 e. The Morgan fingerprint density at radius 3 is 2.72 bits per heavy atom. The van der Waals surface area contributed by atoms with Crippen LogP contribution in [-0.2, 0) is 6.42 Å². The molecule has 1 fully saturated rings. The summed E-state index contributed by atoms with van der Waals surface area (Å²) < 4.78 is 2.85. The van der Waals surface area contributed by atoms with E-state index in [0.29, 0.717) is 11.6 Å². The summed E-state index contributed by atoms with van der Waals surface area (Å²) in [6.45, 7) is 1.16. The van der Waals surface area contributed by atoms with E-state index in [1.54, 1.807) is 4.57 Å². The number of carbonyl (C=O) groups is 1. The molecule has 4 heteroatoms. The van der Waals surface area contributed by atoms with Crippen molar-refractivity contribution in [2.75, 3.05) is 13.6 Å². The number of halogens is 1. The highest BCUT2D eigenvalue weighted by Gasteiger charge is 2.24. The molecule has 0 N–H and O–H groups in total. The number of hydrogen-bond acceptors (Lipinski definition) is 2. The second-order valence-corrected chi connectivity index (χ2v) is 7.75. The monoisotopic (exact) mass is 396 g/mol. The van der Waals surface area contributed by atoms with Crippen LogP contribution in [0.15, 0.2) is 59.2 Å². The van der Waals surface area contributed by atoms with Gasteiger partial charge in [0.1, 0.15) is 0 Å². The number of aromatic nitrogens is 1. The Bertz CT molecular complexity index is 916. The molecule has 1 aromatic heterocycles. The largest absolute Gasteiger partial charge is 0.303 e. The lowest BCUT2D eigenvalue weighted by Crippen LogP contribution is -2.26. The Morgan fingerprint density at radius 2 is 2.00 bits per heavy atom. The van der Waals surface area contributed by atoms with Crippen molar-refractivity contribution in [3.63, 3.8) is 0 Å². The van der Waals surface area contributed by atoms with Gasteiger partial charge in [-0.15, -0.1) is 0 Å². The lowest BCUT2D eigenvalue weighted by molar-refractivity contribution is 0.0965. The van der Waals surface area contributed by atoms with Gasteiger partial charge in [-0.05, 0) is 68.8 Å². The fraction of sp³-hybridized carbons (Fsp3) is 0.286. The molecule has 0 amide bonds. The van der Waals surface area contributed by atoms with E-state index in [1.165, 1.54) is 23.8 Å². The molecule has 0 bridgehead atoms. The van der Waals surface area contributed by atoms with Crippen molar-refractivity contribution in [3.05, 3.63) is 70.3 Å². The zero-order valence-corrected chi connectivity index (χ0v) is 15.9. The first-order valence-corrected chi connectivity index (χ1v) is 9.52. The summed E-state index contributed by atoms with van der Waals surface area (Å²) in [6.07, 6.45) is 5.51. The number of likely N-dealkylation sites (tertiary alicyclic amines) is 1. The molecule has 0 radical (unpaired) electrons. The molecule has 1 atom stereocenters. The first kappa shape index (κ1) is 16.6. The van der Waals surface area contributed by atoms with Gasteiger partial charge in [0.05, 0.1) is 5.52 Å². The number of nitrogens with zero attached hydrogens (tertiary/aromatic N) is 2. The summed E-state index contributed by atoms with van der Waals surface area (Å²) in [4.78, 5) is 15.4. The van der Waals surface area contributed by atoms with Gasteiger partial charge in [0, 0.05) is 27.7 Å². The third-order valence-corrected chi connectivity index (χ3v) is 5.71. The molecule has 0 spiro atoms. The SMILES string of the molecule is CN1CCC[C@@H]1Cc1cn(C(=O)c2ccccc2)c2ccc(Br)cc12. The Balaban J connectivity index is 1.78. The second-order valence-electron chi connectivity index (χ2n) is 6.84. The van der Waals surface area contributed by atoms with Gasteiger partial charge in [-0.2, -0.15) is 0 Å². The van der Waals surface area contributed by atoms with Gasteiger partial charge in [-0.25, -0.2) is 0 Å².